The normalized spacial score (nSPS) is 11.9. The van der Waals surface area contributed by atoms with Gasteiger partial charge in [-0.05, 0) is 24.3 Å². The molecule has 25 heavy (non-hydrogen) atoms. The molecule has 0 saturated heterocycles. The molecule has 0 radical (unpaired) electrons. The van der Waals surface area contributed by atoms with Crippen LogP contribution in [0.3, 0.4) is 0 Å². The van der Waals surface area contributed by atoms with Gasteiger partial charge in [0.25, 0.3) is 5.91 Å². The number of fused-ring (bicyclic) bond motifs is 1. The van der Waals surface area contributed by atoms with Gasteiger partial charge in [0.2, 0.25) is 5.91 Å². The number of nitrogens with one attached hydrogen (secondary N) is 1. The lowest BCUT2D eigenvalue weighted by molar-refractivity contribution is -0.119. The van der Waals surface area contributed by atoms with Crippen molar-refractivity contribution in [2.75, 3.05) is 0 Å². The molecule has 0 fully saturated rings. The molecule has 3 N–H and O–H groups in total. The average Bonchev–Trinajstić information content (AvgIpc) is 2.61. The minimum absolute atomic E-state index is 0.0629. The molecule has 0 aliphatic carbocycles. The van der Waals surface area contributed by atoms with Crippen molar-refractivity contribution in [1.82, 2.24) is 15.3 Å². The first-order chi connectivity index (χ1) is 12.0. The maximum Gasteiger partial charge on any atom is 0.254 e. The van der Waals surface area contributed by atoms with E-state index in [2.05, 4.69) is 15.3 Å². The second-order valence-electron chi connectivity index (χ2n) is 5.46. The van der Waals surface area contributed by atoms with Crippen molar-refractivity contribution in [2.24, 2.45) is 5.73 Å². The fourth-order valence-corrected chi connectivity index (χ4v) is 2.41. The predicted molar refractivity (Wildman–Crippen MR) is 90.1 cm³/mol. The van der Waals surface area contributed by atoms with Gasteiger partial charge < -0.3 is 11.1 Å². The van der Waals surface area contributed by atoms with Crippen molar-refractivity contribution in [3.8, 4) is 0 Å². The third kappa shape index (κ3) is 3.77. The summed E-state index contributed by atoms with van der Waals surface area (Å²) in [6.45, 7) is 0. The molecule has 0 unspecified atom stereocenters. The van der Waals surface area contributed by atoms with Crippen LogP contribution in [0.2, 0.25) is 0 Å². The fraction of sp³-hybridized carbons (Fsp3) is 0.111. The molecule has 1 atom stereocenters. The molecule has 2 aromatic carbocycles. The summed E-state index contributed by atoms with van der Waals surface area (Å²) < 4.78 is 13.7. The van der Waals surface area contributed by atoms with Gasteiger partial charge >= 0.3 is 0 Å². The van der Waals surface area contributed by atoms with E-state index in [9.17, 15) is 14.0 Å². The van der Waals surface area contributed by atoms with E-state index in [0.29, 0.717) is 11.2 Å². The number of primary amides is 1. The molecule has 0 spiro atoms. The van der Waals surface area contributed by atoms with Crippen LogP contribution in [0, 0.1) is 5.82 Å². The predicted octanol–water partition coefficient (Wildman–Crippen LogP) is 1.60. The van der Waals surface area contributed by atoms with Crippen molar-refractivity contribution in [2.45, 2.75) is 12.5 Å². The summed E-state index contributed by atoms with van der Waals surface area (Å²) >= 11 is 0. The topological polar surface area (TPSA) is 98.0 Å². The van der Waals surface area contributed by atoms with Gasteiger partial charge in [0.15, 0.2) is 0 Å². The zero-order valence-electron chi connectivity index (χ0n) is 13.1. The summed E-state index contributed by atoms with van der Waals surface area (Å²) in [6, 6.07) is 11.8. The standard InChI is InChI=1S/C18H15FN4O2/c19-13-6-2-1-5-12(13)18(25)23-16(17(20)24)9-11-10-21-14-7-3-4-8-15(14)22-11/h1-8,10,16H,9H2,(H2,20,24)(H,23,25)/t16-/m1/s1. The molecule has 126 valence electrons. The van der Waals surface area contributed by atoms with Gasteiger partial charge in [-0.2, -0.15) is 0 Å². The number of para-hydroxylation sites is 2. The summed E-state index contributed by atoms with van der Waals surface area (Å²) in [5, 5.41) is 2.45. The number of aromatic nitrogens is 2. The van der Waals surface area contributed by atoms with Crippen LogP contribution >= 0.6 is 0 Å². The number of hydrogen-bond donors (Lipinski definition) is 2. The Morgan fingerprint density at radius 3 is 2.48 bits per heavy atom. The molecule has 0 aliphatic rings. The minimum Gasteiger partial charge on any atom is -0.368 e. The van der Waals surface area contributed by atoms with Crippen molar-refractivity contribution in [1.29, 1.82) is 0 Å². The number of halogens is 1. The molecule has 0 bridgehead atoms. The van der Waals surface area contributed by atoms with Gasteiger partial charge in [0.05, 0.1) is 22.3 Å². The van der Waals surface area contributed by atoms with E-state index < -0.39 is 23.7 Å². The van der Waals surface area contributed by atoms with Crippen LogP contribution in [-0.2, 0) is 11.2 Å². The molecule has 0 saturated carbocycles. The van der Waals surface area contributed by atoms with Crippen LogP contribution in [0.4, 0.5) is 4.39 Å². The molecule has 1 heterocycles. The van der Waals surface area contributed by atoms with Crippen LogP contribution in [0.25, 0.3) is 11.0 Å². The summed E-state index contributed by atoms with van der Waals surface area (Å²) in [7, 11) is 0. The molecular formula is C18H15FN4O2. The fourth-order valence-electron chi connectivity index (χ4n) is 2.41. The third-order valence-electron chi connectivity index (χ3n) is 3.68. The Balaban J connectivity index is 1.80. The van der Waals surface area contributed by atoms with Crippen LogP contribution in [-0.4, -0.2) is 27.8 Å². The Morgan fingerprint density at radius 1 is 1.08 bits per heavy atom. The number of carbonyl (C=O) groups excluding carboxylic acids is 2. The van der Waals surface area contributed by atoms with Gasteiger partial charge in [0, 0.05) is 12.6 Å². The first-order valence-electron chi connectivity index (χ1n) is 7.60. The molecule has 6 nitrogen and oxygen atoms in total. The first-order valence-corrected chi connectivity index (χ1v) is 7.60. The van der Waals surface area contributed by atoms with Crippen molar-refractivity contribution < 1.29 is 14.0 Å². The number of carbonyl (C=O) groups is 2. The van der Waals surface area contributed by atoms with Crippen LogP contribution in [0.15, 0.2) is 54.7 Å². The summed E-state index contributed by atoms with van der Waals surface area (Å²) in [4.78, 5) is 32.5. The van der Waals surface area contributed by atoms with Crippen LogP contribution in [0.1, 0.15) is 16.1 Å². The molecule has 3 rings (SSSR count). The van der Waals surface area contributed by atoms with Crippen LogP contribution < -0.4 is 11.1 Å². The second-order valence-corrected chi connectivity index (χ2v) is 5.46. The first kappa shape index (κ1) is 16.5. The lowest BCUT2D eigenvalue weighted by Gasteiger charge is -2.15. The van der Waals surface area contributed by atoms with Gasteiger partial charge in [-0.1, -0.05) is 24.3 Å². The Bertz CT molecular complexity index is 945. The maximum atomic E-state index is 13.7. The molecule has 3 aromatic rings. The van der Waals surface area contributed by atoms with E-state index in [1.165, 1.54) is 30.5 Å². The number of amides is 2. The summed E-state index contributed by atoms with van der Waals surface area (Å²) in [5.74, 6) is -2.12. The Morgan fingerprint density at radius 2 is 1.76 bits per heavy atom. The number of hydrogen-bond acceptors (Lipinski definition) is 4. The zero-order chi connectivity index (χ0) is 17.8. The average molecular weight is 338 g/mol. The number of benzene rings is 2. The largest absolute Gasteiger partial charge is 0.368 e. The Labute approximate surface area is 142 Å². The maximum absolute atomic E-state index is 13.7. The highest BCUT2D eigenvalue weighted by atomic mass is 19.1. The second kappa shape index (κ2) is 7.04. The SMILES string of the molecule is NC(=O)[C@@H](Cc1cnc2ccccc2n1)NC(=O)c1ccccc1F. The van der Waals surface area contributed by atoms with Crippen molar-refractivity contribution in [3.05, 3.63) is 71.8 Å². The number of nitrogens with two attached hydrogens (primary N) is 1. The van der Waals surface area contributed by atoms with Crippen molar-refractivity contribution >= 4 is 22.8 Å². The monoisotopic (exact) mass is 338 g/mol. The zero-order valence-corrected chi connectivity index (χ0v) is 13.1. The Kier molecular flexibility index (Phi) is 4.65. The molecule has 0 aliphatic heterocycles. The highest BCUT2D eigenvalue weighted by molar-refractivity contribution is 5.97. The molecule has 2 amide bonds. The number of nitrogens with zero attached hydrogens (tertiary/aromatic N) is 2. The van der Waals surface area contributed by atoms with Gasteiger partial charge in [-0.15, -0.1) is 0 Å². The molecule has 1 aromatic heterocycles. The van der Waals surface area contributed by atoms with E-state index in [1.807, 2.05) is 18.2 Å². The lowest BCUT2D eigenvalue weighted by Crippen LogP contribution is -2.46. The van der Waals surface area contributed by atoms with Gasteiger partial charge in [0.1, 0.15) is 11.9 Å². The quantitative estimate of drug-likeness (QED) is 0.738. The van der Waals surface area contributed by atoms with Gasteiger partial charge in [-0.25, -0.2) is 9.37 Å². The summed E-state index contributed by atoms with van der Waals surface area (Å²) in [6.07, 6.45) is 1.58. The third-order valence-corrected chi connectivity index (χ3v) is 3.68. The highest BCUT2D eigenvalue weighted by Crippen LogP contribution is 2.11. The van der Waals surface area contributed by atoms with E-state index in [-0.39, 0.29) is 12.0 Å². The van der Waals surface area contributed by atoms with E-state index in [1.54, 1.807) is 6.07 Å². The van der Waals surface area contributed by atoms with Gasteiger partial charge in [-0.3, -0.25) is 14.6 Å². The van der Waals surface area contributed by atoms with E-state index in [0.717, 1.165) is 5.52 Å². The summed E-state index contributed by atoms with van der Waals surface area (Å²) in [5.41, 5.74) is 7.10. The minimum atomic E-state index is -1.03. The Hall–Kier alpha value is -3.35. The van der Waals surface area contributed by atoms with Crippen LogP contribution in [0.5, 0.6) is 0 Å². The molecular weight excluding hydrogens is 323 g/mol. The van der Waals surface area contributed by atoms with E-state index >= 15 is 0 Å². The highest BCUT2D eigenvalue weighted by Gasteiger charge is 2.21. The number of rotatable bonds is 5. The van der Waals surface area contributed by atoms with E-state index in [4.69, 9.17) is 5.73 Å². The lowest BCUT2D eigenvalue weighted by atomic mass is 10.1. The smallest absolute Gasteiger partial charge is 0.254 e. The van der Waals surface area contributed by atoms with Crippen molar-refractivity contribution in [3.63, 3.8) is 0 Å². The molecule has 7 heteroatoms.